The monoisotopic (exact) mass is 333 g/mol. The third kappa shape index (κ3) is 4.69. The average molecular weight is 333 g/mol. The molecule has 0 aliphatic rings. The van der Waals surface area contributed by atoms with Gasteiger partial charge in [0, 0.05) is 6.54 Å². The molecule has 124 valence electrons. The third-order valence-corrected chi connectivity index (χ3v) is 4.85. The smallest absolute Gasteiger partial charge is 0.263 e. The Hall–Kier alpha value is -2.08. The molecule has 0 unspecified atom stereocenters. The number of nitrogens with zero attached hydrogens (tertiary/aromatic N) is 1. The van der Waals surface area contributed by atoms with E-state index in [0.717, 1.165) is 17.8 Å². The normalized spacial score (nSPS) is 11.5. The molecule has 6 heteroatoms. The van der Waals surface area contributed by atoms with E-state index in [9.17, 15) is 8.42 Å². The first kappa shape index (κ1) is 17.3. The number of hydrogen-bond acceptors (Lipinski definition) is 4. The quantitative estimate of drug-likeness (QED) is 0.848. The molecule has 0 saturated heterocycles. The molecular weight excluding hydrogens is 310 g/mol. The highest BCUT2D eigenvalue weighted by molar-refractivity contribution is 7.92. The van der Waals surface area contributed by atoms with Gasteiger partial charge in [0.15, 0.2) is 0 Å². The Morgan fingerprint density at radius 3 is 2.43 bits per heavy atom. The van der Waals surface area contributed by atoms with Crippen molar-refractivity contribution < 1.29 is 8.42 Å². The number of nitrogens with one attached hydrogen (secondary N) is 2. The van der Waals surface area contributed by atoms with E-state index in [1.54, 1.807) is 31.3 Å². The second-order valence-electron chi connectivity index (χ2n) is 6.08. The minimum Gasteiger partial charge on any atom is -0.384 e. The zero-order chi connectivity index (χ0) is 17.0. The van der Waals surface area contributed by atoms with E-state index in [1.165, 1.54) is 0 Å². The summed E-state index contributed by atoms with van der Waals surface area (Å²) >= 11 is 0. The Morgan fingerprint density at radius 2 is 1.87 bits per heavy atom. The topological polar surface area (TPSA) is 71.1 Å². The molecule has 1 heterocycles. The molecular formula is C17H23N3O2S. The van der Waals surface area contributed by atoms with Gasteiger partial charge in [-0.25, -0.2) is 13.4 Å². The molecule has 1 aromatic carbocycles. The standard InChI is InChI=1S/C17H23N3O2S/c1-12(2)10-18-15-6-8-17(19-11-15)20-23(21,22)16-7-5-13(3)9-14(16)4/h5-9,11-12,18H,10H2,1-4H3,(H,19,20). The summed E-state index contributed by atoms with van der Waals surface area (Å²) in [6.45, 7) is 8.80. The molecule has 0 aliphatic heterocycles. The number of sulfonamides is 1. The Balaban J connectivity index is 2.14. The number of pyridine rings is 1. The van der Waals surface area contributed by atoms with Crippen molar-refractivity contribution in [2.45, 2.75) is 32.6 Å². The zero-order valence-electron chi connectivity index (χ0n) is 13.9. The minimum atomic E-state index is -3.63. The lowest BCUT2D eigenvalue weighted by Crippen LogP contribution is -2.15. The van der Waals surface area contributed by atoms with E-state index in [2.05, 4.69) is 28.9 Å². The molecule has 23 heavy (non-hydrogen) atoms. The third-order valence-electron chi connectivity index (χ3n) is 3.34. The number of aromatic nitrogens is 1. The first-order valence-corrected chi connectivity index (χ1v) is 9.06. The van der Waals surface area contributed by atoms with Crippen LogP contribution in [0.15, 0.2) is 41.4 Å². The van der Waals surface area contributed by atoms with Crippen LogP contribution in [0.4, 0.5) is 11.5 Å². The highest BCUT2D eigenvalue weighted by Gasteiger charge is 2.17. The highest BCUT2D eigenvalue weighted by atomic mass is 32.2. The molecule has 2 aromatic rings. The molecule has 0 atom stereocenters. The van der Waals surface area contributed by atoms with Crippen molar-refractivity contribution >= 4 is 21.5 Å². The lowest BCUT2D eigenvalue weighted by atomic mass is 10.2. The Bertz CT molecular complexity index is 769. The summed E-state index contributed by atoms with van der Waals surface area (Å²) in [5, 5.41) is 3.24. The summed E-state index contributed by atoms with van der Waals surface area (Å²) in [7, 11) is -3.63. The van der Waals surface area contributed by atoms with Crippen molar-refractivity contribution in [2.75, 3.05) is 16.6 Å². The number of aryl methyl sites for hydroxylation is 2. The molecule has 2 N–H and O–H groups in total. The summed E-state index contributed by atoms with van der Waals surface area (Å²) in [5.74, 6) is 0.831. The van der Waals surface area contributed by atoms with Gasteiger partial charge in [0.1, 0.15) is 5.82 Å². The second-order valence-corrected chi connectivity index (χ2v) is 7.73. The fraction of sp³-hybridized carbons (Fsp3) is 0.353. The van der Waals surface area contributed by atoms with E-state index in [1.807, 2.05) is 19.1 Å². The van der Waals surface area contributed by atoms with E-state index < -0.39 is 10.0 Å². The van der Waals surface area contributed by atoms with Crippen LogP contribution in [0.2, 0.25) is 0 Å². The van der Waals surface area contributed by atoms with Gasteiger partial charge in [-0.2, -0.15) is 0 Å². The van der Waals surface area contributed by atoms with E-state index in [0.29, 0.717) is 17.3 Å². The summed E-state index contributed by atoms with van der Waals surface area (Å²) < 4.78 is 27.5. The Labute approximate surface area is 138 Å². The van der Waals surface area contributed by atoms with Crippen molar-refractivity contribution in [3.05, 3.63) is 47.7 Å². The van der Waals surface area contributed by atoms with Crippen LogP contribution in [0.1, 0.15) is 25.0 Å². The summed E-state index contributed by atoms with van der Waals surface area (Å²) in [6.07, 6.45) is 1.63. The van der Waals surface area contributed by atoms with Gasteiger partial charge in [-0.3, -0.25) is 4.72 Å². The van der Waals surface area contributed by atoms with Crippen LogP contribution in [0, 0.1) is 19.8 Å². The van der Waals surface area contributed by atoms with Gasteiger partial charge < -0.3 is 5.32 Å². The lowest BCUT2D eigenvalue weighted by Gasteiger charge is -2.12. The van der Waals surface area contributed by atoms with Crippen LogP contribution in [0.25, 0.3) is 0 Å². The predicted octanol–water partition coefficient (Wildman–Crippen LogP) is 3.57. The highest BCUT2D eigenvalue weighted by Crippen LogP contribution is 2.20. The van der Waals surface area contributed by atoms with Gasteiger partial charge in [0.05, 0.1) is 16.8 Å². The molecule has 0 aliphatic carbocycles. The van der Waals surface area contributed by atoms with Crippen molar-refractivity contribution in [3.8, 4) is 0 Å². The van der Waals surface area contributed by atoms with Gasteiger partial charge in [0.2, 0.25) is 0 Å². The summed E-state index contributed by atoms with van der Waals surface area (Å²) in [4.78, 5) is 4.43. The molecule has 0 fully saturated rings. The first-order chi connectivity index (χ1) is 10.8. The number of hydrogen-bond donors (Lipinski definition) is 2. The summed E-state index contributed by atoms with van der Waals surface area (Å²) in [6, 6.07) is 8.72. The van der Waals surface area contributed by atoms with Crippen molar-refractivity contribution in [1.82, 2.24) is 4.98 Å². The second kappa shape index (κ2) is 7.00. The van der Waals surface area contributed by atoms with Crippen LogP contribution in [0.3, 0.4) is 0 Å². The maximum absolute atomic E-state index is 12.5. The average Bonchev–Trinajstić information content (AvgIpc) is 2.45. The molecule has 0 saturated carbocycles. The van der Waals surface area contributed by atoms with Gasteiger partial charge in [-0.15, -0.1) is 0 Å². The van der Waals surface area contributed by atoms with Crippen LogP contribution in [-0.4, -0.2) is 19.9 Å². The van der Waals surface area contributed by atoms with Crippen LogP contribution in [-0.2, 0) is 10.0 Å². The predicted molar refractivity (Wildman–Crippen MR) is 94.3 cm³/mol. The molecule has 5 nitrogen and oxygen atoms in total. The van der Waals surface area contributed by atoms with Gasteiger partial charge in [0.25, 0.3) is 10.0 Å². The zero-order valence-corrected chi connectivity index (χ0v) is 14.7. The van der Waals surface area contributed by atoms with Crippen molar-refractivity contribution in [3.63, 3.8) is 0 Å². The first-order valence-electron chi connectivity index (χ1n) is 7.58. The molecule has 0 amide bonds. The van der Waals surface area contributed by atoms with Crippen LogP contribution < -0.4 is 10.0 Å². The fourth-order valence-electron chi connectivity index (χ4n) is 2.17. The van der Waals surface area contributed by atoms with Crippen LogP contribution in [0.5, 0.6) is 0 Å². The SMILES string of the molecule is Cc1ccc(S(=O)(=O)Nc2ccc(NCC(C)C)cn2)c(C)c1. The number of benzene rings is 1. The summed E-state index contributed by atoms with van der Waals surface area (Å²) in [5.41, 5.74) is 2.61. The molecule has 0 radical (unpaired) electrons. The van der Waals surface area contributed by atoms with E-state index >= 15 is 0 Å². The molecule has 0 spiro atoms. The van der Waals surface area contributed by atoms with Gasteiger partial charge >= 0.3 is 0 Å². The molecule has 1 aromatic heterocycles. The van der Waals surface area contributed by atoms with Gasteiger partial charge in [-0.1, -0.05) is 31.5 Å². The number of anilines is 2. The largest absolute Gasteiger partial charge is 0.384 e. The lowest BCUT2D eigenvalue weighted by molar-refractivity contribution is 0.600. The number of rotatable bonds is 6. The van der Waals surface area contributed by atoms with Gasteiger partial charge in [-0.05, 0) is 43.5 Å². The minimum absolute atomic E-state index is 0.270. The Morgan fingerprint density at radius 1 is 1.13 bits per heavy atom. The molecule has 0 bridgehead atoms. The van der Waals surface area contributed by atoms with Crippen molar-refractivity contribution in [1.29, 1.82) is 0 Å². The van der Waals surface area contributed by atoms with Crippen molar-refractivity contribution in [2.24, 2.45) is 5.92 Å². The maximum atomic E-state index is 12.5. The van der Waals surface area contributed by atoms with E-state index in [4.69, 9.17) is 0 Å². The molecule has 2 rings (SSSR count). The Kier molecular flexibility index (Phi) is 5.26. The van der Waals surface area contributed by atoms with E-state index in [-0.39, 0.29) is 4.90 Å². The van der Waals surface area contributed by atoms with Crippen LogP contribution >= 0.6 is 0 Å². The fourth-order valence-corrected chi connectivity index (χ4v) is 3.41. The maximum Gasteiger partial charge on any atom is 0.263 e.